The lowest BCUT2D eigenvalue weighted by molar-refractivity contribution is -0.141. The van der Waals surface area contributed by atoms with Crippen molar-refractivity contribution in [3.05, 3.63) is 11.8 Å². The summed E-state index contributed by atoms with van der Waals surface area (Å²) >= 11 is 0. The Hall–Kier alpha value is -2.06. The molecule has 0 saturated heterocycles. The van der Waals surface area contributed by atoms with E-state index in [0.29, 0.717) is 0 Å². The summed E-state index contributed by atoms with van der Waals surface area (Å²) in [6, 6.07) is 0.277. The molecule has 1 fully saturated rings. The lowest BCUT2D eigenvalue weighted by atomic mass is 10.3. The summed E-state index contributed by atoms with van der Waals surface area (Å²) < 4.78 is 38.2. The Morgan fingerprint density at radius 3 is 2.57 bits per heavy atom. The molecule has 0 spiro atoms. The molecular weight excluding hydrogens is 287 g/mol. The van der Waals surface area contributed by atoms with Gasteiger partial charge in [-0.1, -0.05) is 0 Å². The van der Waals surface area contributed by atoms with Crippen LogP contribution in [0.3, 0.4) is 0 Å². The number of amides is 1. The summed E-state index contributed by atoms with van der Waals surface area (Å²) in [7, 11) is 1.42. The first-order valence-corrected chi connectivity index (χ1v) is 6.50. The molecule has 1 heterocycles. The number of hydrogen-bond acceptors (Lipinski definition) is 5. The monoisotopic (exact) mass is 303 g/mol. The van der Waals surface area contributed by atoms with Crippen molar-refractivity contribution < 1.29 is 18.0 Å². The second-order valence-electron chi connectivity index (χ2n) is 4.86. The van der Waals surface area contributed by atoms with Gasteiger partial charge in [-0.25, -0.2) is 4.98 Å². The van der Waals surface area contributed by atoms with Crippen molar-refractivity contribution in [2.75, 3.05) is 17.7 Å². The number of anilines is 2. The minimum absolute atomic E-state index is 0.0554. The second-order valence-corrected chi connectivity index (χ2v) is 4.86. The van der Waals surface area contributed by atoms with Gasteiger partial charge in [0.2, 0.25) is 11.9 Å². The Kier molecular flexibility index (Phi) is 4.19. The standard InChI is InChI=1S/C12H16F3N5O/c1-6(10(21)18-7-3-4-7)17-9-5-8(12(13,14)15)19-11(16-2)20-9/h5-7H,3-4H2,1-2H3,(H,18,21)(H2,16,17,19,20). The molecule has 1 aliphatic carbocycles. The van der Waals surface area contributed by atoms with Gasteiger partial charge in [0.05, 0.1) is 0 Å². The molecule has 0 bridgehead atoms. The van der Waals surface area contributed by atoms with Crippen LogP contribution in [0.5, 0.6) is 0 Å². The van der Waals surface area contributed by atoms with Crippen LogP contribution in [-0.2, 0) is 11.0 Å². The molecule has 1 aliphatic rings. The molecule has 1 amide bonds. The minimum Gasteiger partial charge on any atom is -0.358 e. The zero-order valence-electron chi connectivity index (χ0n) is 11.6. The lowest BCUT2D eigenvalue weighted by Gasteiger charge is -2.16. The van der Waals surface area contributed by atoms with E-state index in [4.69, 9.17) is 0 Å². The Bertz CT molecular complexity index is 530. The van der Waals surface area contributed by atoms with Crippen LogP contribution >= 0.6 is 0 Å². The van der Waals surface area contributed by atoms with Crippen LogP contribution < -0.4 is 16.0 Å². The summed E-state index contributed by atoms with van der Waals surface area (Å²) in [5.41, 5.74) is -1.07. The molecule has 0 radical (unpaired) electrons. The van der Waals surface area contributed by atoms with Gasteiger partial charge >= 0.3 is 6.18 Å². The minimum atomic E-state index is -4.58. The van der Waals surface area contributed by atoms with E-state index in [2.05, 4.69) is 25.9 Å². The van der Waals surface area contributed by atoms with Crippen LogP contribution in [0.15, 0.2) is 6.07 Å². The average molecular weight is 303 g/mol. The predicted molar refractivity (Wildman–Crippen MR) is 70.8 cm³/mol. The molecule has 9 heteroatoms. The highest BCUT2D eigenvalue weighted by molar-refractivity contribution is 5.84. The number of carbonyl (C=O) groups is 1. The number of alkyl halides is 3. The summed E-state index contributed by atoms with van der Waals surface area (Å²) in [6.45, 7) is 1.56. The molecule has 21 heavy (non-hydrogen) atoms. The van der Waals surface area contributed by atoms with Crippen LogP contribution in [0, 0.1) is 0 Å². The maximum atomic E-state index is 12.7. The molecule has 1 aromatic rings. The van der Waals surface area contributed by atoms with Gasteiger partial charge < -0.3 is 16.0 Å². The smallest absolute Gasteiger partial charge is 0.358 e. The van der Waals surface area contributed by atoms with Crippen LogP contribution in [0.4, 0.5) is 24.9 Å². The van der Waals surface area contributed by atoms with E-state index in [0.717, 1.165) is 18.9 Å². The molecule has 0 aromatic carbocycles. The van der Waals surface area contributed by atoms with E-state index in [1.54, 1.807) is 6.92 Å². The van der Waals surface area contributed by atoms with Crippen molar-refractivity contribution >= 4 is 17.7 Å². The SMILES string of the molecule is CNc1nc(NC(C)C(=O)NC2CC2)cc(C(F)(F)F)n1. The highest BCUT2D eigenvalue weighted by atomic mass is 19.4. The maximum Gasteiger partial charge on any atom is 0.433 e. The van der Waals surface area contributed by atoms with Gasteiger partial charge in [-0.15, -0.1) is 0 Å². The number of rotatable bonds is 5. The number of halogens is 3. The molecule has 0 aliphatic heterocycles. The molecule has 6 nitrogen and oxygen atoms in total. The Balaban J connectivity index is 2.12. The van der Waals surface area contributed by atoms with E-state index in [9.17, 15) is 18.0 Å². The number of aromatic nitrogens is 2. The van der Waals surface area contributed by atoms with Crippen molar-refractivity contribution in [3.63, 3.8) is 0 Å². The number of hydrogen-bond donors (Lipinski definition) is 3. The molecule has 3 N–H and O–H groups in total. The van der Waals surface area contributed by atoms with E-state index >= 15 is 0 Å². The average Bonchev–Trinajstić information content (AvgIpc) is 3.21. The second kappa shape index (κ2) is 5.74. The van der Waals surface area contributed by atoms with E-state index < -0.39 is 17.9 Å². The van der Waals surface area contributed by atoms with Crippen LogP contribution in [0.25, 0.3) is 0 Å². The van der Waals surface area contributed by atoms with Crippen molar-refractivity contribution in [2.45, 2.75) is 38.0 Å². The zero-order chi connectivity index (χ0) is 15.6. The third-order valence-electron chi connectivity index (χ3n) is 2.92. The third-order valence-corrected chi connectivity index (χ3v) is 2.92. The van der Waals surface area contributed by atoms with Gasteiger partial charge in [0.25, 0.3) is 0 Å². The van der Waals surface area contributed by atoms with Crippen LogP contribution in [-0.4, -0.2) is 35.0 Å². The van der Waals surface area contributed by atoms with E-state index in [-0.39, 0.29) is 23.7 Å². The summed E-state index contributed by atoms with van der Waals surface area (Å²) in [5.74, 6) is -0.488. The van der Waals surface area contributed by atoms with Gasteiger partial charge in [-0.3, -0.25) is 4.79 Å². The van der Waals surface area contributed by atoms with E-state index in [1.807, 2.05) is 0 Å². The van der Waals surface area contributed by atoms with Gasteiger partial charge in [-0.05, 0) is 19.8 Å². The number of nitrogens with zero attached hydrogens (tertiary/aromatic N) is 2. The Labute approximate surface area is 119 Å². The molecule has 116 valence electrons. The first-order valence-electron chi connectivity index (χ1n) is 6.50. The van der Waals surface area contributed by atoms with Crippen LogP contribution in [0.2, 0.25) is 0 Å². The normalized spacial score (nSPS) is 16.2. The first kappa shape index (κ1) is 15.3. The zero-order valence-corrected chi connectivity index (χ0v) is 11.6. The largest absolute Gasteiger partial charge is 0.433 e. The molecular formula is C12H16F3N5O. The molecule has 1 unspecified atom stereocenters. The summed E-state index contributed by atoms with van der Waals surface area (Å²) in [5, 5.41) is 7.89. The van der Waals surface area contributed by atoms with Gasteiger partial charge in [0.1, 0.15) is 11.9 Å². The van der Waals surface area contributed by atoms with Crippen molar-refractivity contribution in [3.8, 4) is 0 Å². The Morgan fingerprint density at radius 2 is 2.05 bits per heavy atom. The predicted octanol–water partition coefficient (Wildman–Crippen LogP) is 1.62. The van der Waals surface area contributed by atoms with Gasteiger partial charge in [-0.2, -0.15) is 18.2 Å². The molecule has 2 rings (SSSR count). The lowest BCUT2D eigenvalue weighted by Crippen LogP contribution is -2.39. The summed E-state index contributed by atoms with van der Waals surface area (Å²) in [6.07, 6.45) is -2.70. The fraction of sp³-hybridized carbons (Fsp3) is 0.583. The summed E-state index contributed by atoms with van der Waals surface area (Å²) in [4.78, 5) is 19.0. The first-order chi connectivity index (χ1) is 9.79. The molecule has 1 aromatic heterocycles. The fourth-order valence-electron chi connectivity index (χ4n) is 1.62. The fourth-order valence-corrected chi connectivity index (χ4v) is 1.62. The van der Waals surface area contributed by atoms with Crippen molar-refractivity contribution in [2.24, 2.45) is 0 Å². The highest BCUT2D eigenvalue weighted by Gasteiger charge is 2.34. The number of carbonyl (C=O) groups excluding carboxylic acids is 1. The number of nitrogens with one attached hydrogen (secondary N) is 3. The van der Waals surface area contributed by atoms with Gasteiger partial charge in [0, 0.05) is 19.2 Å². The van der Waals surface area contributed by atoms with Crippen LogP contribution in [0.1, 0.15) is 25.5 Å². The third kappa shape index (κ3) is 4.20. The van der Waals surface area contributed by atoms with Crippen molar-refractivity contribution in [1.82, 2.24) is 15.3 Å². The quantitative estimate of drug-likeness (QED) is 0.770. The maximum absolute atomic E-state index is 12.7. The Morgan fingerprint density at radius 1 is 1.38 bits per heavy atom. The molecule has 1 atom stereocenters. The highest BCUT2D eigenvalue weighted by Crippen LogP contribution is 2.29. The van der Waals surface area contributed by atoms with Gasteiger partial charge in [0.15, 0.2) is 5.69 Å². The topological polar surface area (TPSA) is 78.9 Å². The van der Waals surface area contributed by atoms with Crippen molar-refractivity contribution in [1.29, 1.82) is 0 Å². The molecule has 1 saturated carbocycles. The van der Waals surface area contributed by atoms with E-state index in [1.165, 1.54) is 7.05 Å².